The number of hydrogen-bond acceptors (Lipinski definition) is 5. The molecule has 0 aliphatic heterocycles. The van der Waals surface area contributed by atoms with E-state index in [2.05, 4.69) is 29.2 Å². The van der Waals surface area contributed by atoms with Gasteiger partial charge < -0.3 is 13.9 Å². The SMILES string of the molecule is COc1ccc2cc(CN(C)Cc3cc(=O)oc4cc(OC)ccc34)ccc2c1. The summed E-state index contributed by atoms with van der Waals surface area (Å²) in [6, 6.07) is 19.6. The summed E-state index contributed by atoms with van der Waals surface area (Å²) >= 11 is 0. The maximum atomic E-state index is 12.0. The fourth-order valence-corrected chi connectivity index (χ4v) is 3.63. The fourth-order valence-electron chi connectivity index (χ4n) is 3.63. The van der Waals surface area contributed by atoms with Crippen LogP contribution in [-0.4, -0.2) is 26.2 Å². The maximum Gasteiger partial charge on any atom is 0.336 e. The summed E-state index contributed by atoms with van der Waals surface area (Å²) in [5, 5.41) is 3.24. The van der Waals surface area contributed by atoms with Crippen LogP contribution in [0.15, 0.2) is 69.9 Å². The van der Waals surface area contributed by atoms with E-state index in [0.29, 0.717) is 17.9 Å². The van der Waals surface area contributed by atoms with Crippen LogP contribution in [0.5, 0.6) is 11.5 Å². The molecule has 0 saturated heterocycles. The monoisotopic (exact) mass is 389 g/mol. The molecule has 3 aromatic carbocycles. The first kappa shape index (κ1) is 19.0. The molecule has 0 spiro atoms. The van der Waals surface area contributed by atoms with E-state index < -0.39 is 0 Å². The zero-order valence-electron chi connectivity index (χ0n) is 16.8. The van der Waals surface area contributed by atoms with Crippen LogP contribution in [0.25, 0.3) is 21.7 Å². The van der Waals surface area contributed by atoms with Crippen LogP contribution in [0.3, 0.4) is 0 Å². The molecule has 0 saturated carbocycles. The lowest BCUT2D eigenvalue weighted by Gasteiger charge is -2.18. The van der Waals surface area contributed by atoms with Crippen molar-refractivity contribution in [1.29, 1.82) is 0 Å². The molecule has 0 atom stereocenters. The highest BCUT2D eigenvalue weighted by molar-refractivity contribution is 5.84. The van der Waals surface area contributed by atoms with E-state index in [1.54, 1.807) is 26.4 Å². The molecule has 4 rings (SSSR count). The summed E-state index contributed by atoms with van der Waals surface area (Å²) < 4.78 is 15.9. The Bertz CT molecular complexity index is 1230. The van der Waals surface area contributed by atoms with Crippen molar-refractivity contribution >= 4 is 21.7 Å². The highest BCUT2D eigenvalue weighted by atomic mass is 16.5. The minimum atomic E-state index is -0.353. The Morgan fingerprint density at radius 2 is 1.52 bits per heavy atom. The molecule has 0 bridgehead atoms. The van der Waals surface area contributed by atoms with Crippen LogP contribution in [0, 0.1) is 0 Å². The van der Waals surface area contributed by atoms with Crippen molar-refractivity contribution in [1.82, 2.24) is 4.90 Å². The van der Waals surface area contributed by atoms with Gasteiger partial charge in [0.1, 0.15) is 17.1 Å². The van der Waals surface area contributed by atoms with Crippen molar-refractivity contribution in [2.45, 2.75) is 13.1 Å². The summed E-state index contributed by atoms with van der Waals surface area (Å²) in [5.41, 5.74) is 2.33. The predicted octanol–water partition coefficient (Wildman–Crippen LogP) is 4.60. The highest BCUT2D eigenvalue weighted by Gasteiger charge is 2.10. The van der Waals surface area contributed by atoms with E-state index in [0.717, 1.165) is 28.6 Å². The molecule has 5 nitrogen and oxygen atoms in total. The number of fused-ring (bicyclic) bond motifs is 2. The second kappa shape index (κ2) is 7.97. The van der Waals surface area contributed by atoms with Gasteiger partial charge in [-0.1, -0.05) is 18.2 Å². The van der Waals surface area contributed by atoms with Crippen LogP contribution in [-0.2, 0) is 13.1 Å². The van der Waals surface area contributed by atoms with E-state index in [-0.39, 0.29) is 5.63 Å². The van der Waals surface area contributed by atoms with Crippen molar-refractivity contribution in [3.63, 3.8) is 0 Å². The van der Waals surface area contributed by atoms with E-state index in [4.69, 9.17) is 13.9 Å². The number of hydrogen-bond donors (Lipinski definition) is 0. The van der Waals surface area contributed by atoms with Gasteiger partial charge in [-0.3, -0.25) is 4.90 Å². The predicted molar refractivity (Wildman–Crippen MR) is 115 cm³/mol. The number of ether oxygens (including phenoxy) is 2. The molecule has 29 heavy (non-hydrogen) atoms. The number of benzene rings is 3. The van der Waals surface area contributed by atoms with Crippen molar-refractivity contribution < 1.29 is 13.9 Å². The van der Waals surface area contributed by atoms with Crippen molar-refractivity contribution in [2.75, 3.05) is 21.3 Å². The fraction of sp³-hybridized carbons (Fsp3) is 0.208. The van der Waals surface area contributed by atoms with Gasteiger partial charge in [-0.25, -0.2) is 4.79 Å². The molecule has 0 aliphatic carbocycles. The molecule has 0 radical (unpaired) electrons. The number of methoxy groups -OCH3 is 2. The zero-order chi connectivity index (χ0) is 20.4. The third-order valence-corrected chi connectivity index (χ3v) is 5.04. The summed E-state index contributed by atoms with van der Waals surface area (Å²) in [6.07, 6.45) is 0. The van der Waals surface area contributed by atoms with Gasteiger partial charge in [-0.15, -0.1) is 0 Å². The first-order chi connectivity index (χ1) is 14.1. The molecule has 148 valence electrons. The number of nitrogens with zero attached hydrogens (tertiary/aromatic N) is 1. The lowest BCUT2D eigenvalue weighted by molar-refractivity contribution is 0.319. The molecule has 1 heterocycles. The summed E-state index contributed by atoms with van der Waals surface area (Å²) in [6.45, 7) is 1.40. The summed E-state index contributed by atoms with van der Waals surface area (Å²) in [4.78, 5) is 14.2. The largest absolute Gasteiger partial charge is 0.497 e. The highest BCUT2D eigenvalue weighted by Crippen LogP contribution is 2.25. The Hall–Kier alpha value is -3.31. The molecular formula is C24H23NO4. The first-order valence-corrected chi connectivity index (χ1v) is 9.42. The average molecular weight is 389 g/mol. The van der Waals surface area contributed by atoms with E-state index in [9.17, 15) is 4.79 Å². The van der Waals surface area contributed by atoms with Gasteiger partial charge >= 0.3 is 5.63 Å². The Morgan fingerprint density at radius 1 is 0.828 bits per heavy atom. The molecule has 5 heteroatoms. The van der Waals surface area contributed by atoms with Gasteiger partial charge in [0.05, 0.1) is 14.2 Å². The van der Waals surface area contributed by atoms with Gasteiger partial charge in [0.2, 0.25) is 0 Å². The average Bonchev–Trinajstić information content (AvgIpc) is 2.72. The van der Waals surface area contributed by atoms with E-state index in [1.165, 1.54) is 10.9 Å². The van der Waals surface area contributed by atoms with Crippen LogP contribution in [0.1, 0.15) is 11.1 Å². The van der Waals surface area contributed by atoms with E-state index in [1.807, 2.05) is 31.3 Å². The third kappa shape index (κ3) is 4.10. The Kier molecular flexibility index (Phi) is 5.23. The minimum absolute atomic E-state index is 0.353. The lowest BCUT2D eigenvalue weighted by atomic mass is 10.1. The van der Waals surface area contributed by atoms with Crippen LogP contribution < -0.4 is 15.1 Å². The third-order valence-electron chi connectivity index (χ3n) is 5.04. The molecule has 0 fully saturated rings. The topological polar surface area (TPSA) is 51.9 Å². The zero-order valence-corrected chi connectivity index (χ0v) is 16.8. The normalized spacial score (nSPS) is 11.3. The minimum Gasteiger partial charge on any atom is -0.497 e. The molecule has 0 unspecified atom stereocenters. The van der Waals surface area contributed by atoms with Gasteiger partial charge in [0.15, 0.2) is 0 Å². The number of rotatable bonds is 6. The molecular weight excluding hydrogens is 366 g/mol. The Labute approximate surface area is 169 Å². The smallest absolute Gasteiger partial charge is 0.336 e. The molecule has 4 aromatic rings. The maximum absolute atomic E-state index is 12.0. The van der Waals surface area contributed by atoms with Gasteiger partial charge in [0.25, 0.3) is 0 Å². The summed E-state index contributed by atoms with van der Waals surface area (Å²) in [7, 11) is 5.31. The first-order valence-electron chi connectivity index (χ1n) is 9.42. The molecule has 0 N–H and O–H groups in total. The van der Waals surface area contributed by atoms with Gasteiger partial charge in [-0.2, -0.15) is 0 Å². The quantitative estimate of drug-likeness (QED) is 0.451. The van der Waals surface area contributed by atoms with Crippen molar-refractivity contribution in [3.05, 3.63) is 82.2 Å². The van der Waals surface area contributed by atoms with Crippen LogP contribution in [0.2, 0.25) is 0 Å². The van der Waals surface area contributed by atoms with Crippen molar-refractivity contribution in [2.24, 2.45) is 0 Å². The van der Waals surface area contributed by atoms with Crippen LogP contribution >= 0.6 is 0 Å². The molecule has 0 amide bonds. The summed E-state index contributed by atoms with van der Waals surface area (Å²) in [5.74, 6) is 1.52. The van der Waals surface area contributed by atoms with Gasteiger partial charge in [0, 0.05) is 30.6 Å². The molecule has 0 aliphatic rings. The second-order valence-corrected chi connectivity index (χ2v) is 7.17. The van der Waals surface area contributed by atoms with Crippen LogP contribution in [0.4, 0.5) is 0 Å². The Balaban J connectivity index is 1.57. The van der Waals surface area contributed by atoms with E-state index >= 15 is 0 Å². The second-order valence-electron chi connectivity index (χ2n) is 7.17. The standard InChI is InChI=1S/C24H23NO4/c1-25(14-16-4-5-18-11-20(27-2)7-6-17(18)10-16)15-19-12-24(26)29-23-13-21(28-3)8-9-22(19)23/h4-13H,14-15H2,1-3H3. The molecule has 1 aromatic heterocycles. The Morgan fingerprint density at radius 3 is 2.31 bits per heavy atom. The van der Waals surface area contributed by atoms with Gasteiger partial charge in [-0.05, 0) is 59.3 Å². The van der Waals surface area contributed by atoms with Crippen molar-refractivity contribution in [3.8, 4) is 11.5 Å². The lowest BCUT2D eigenvalue weighted by Crippen LogP contribution is -2.18.